The minimum atomic E-state index is -3.42. The molecule has 0 aromatic rings. The van der Waals surface area contributed by atoms with Crippen molar-refractivity contribution in [1.29, 1.82) is 0 Å². The molecule has 1 aliphatic rings. The molecule has 4 nitrogen and oxygen atoms in total. The quantitative estimate of drug-likeness (QED) is 0.694. The van der Waals surface area contributed by atoms with Crippen molar-refractivity contribution in [2.75, 3.05) is 26.1 Å². The Balaban J connectivity index is 2.52. The molecule has 0 aromatic carbocycles. The van der Waals surface area contributed by atoms with Crippen LogP contribution in [0.3, 0.4) is 0 Å². The van der Waals surface area contributed by atoms with Crippen LogP contribution in [0.4, 0.5) is 0 Å². The van der Waals surface area contributed by atoms with Crippen molar-refractivity contribution in [1.82, 2.24) is 0 Å². The fraction of sp³-hybridized carbons (Fsp3) is 1.00. The van der Waals surface area contributed by atoms with Crippen LogP contribution in [-0.4, -0.2) is 40.1 Å². The molecule has 14 heavy (non-hydrogen) atoms. The Labute approximate surface area is 88.9 Å². The lowest BCUT2D eigenvalue weighted by Gasteiger charge is -2.35. The molecule has 1 fully saturated rings. The summed E-state index contributed by atoms with van der Waals surface area (Å²) in [5.41, 5.74) is -0.361. The number of hydrogen-bond donors (Lipinski definition) is 0. The van der Waals surface area contributed by atoms with Crippen molar-refractivity contribution >= 4 is 19.7 Å². The Morgan fingerprint density at radius 2 is 2.00 bits per heavy atom. The van der Waals surface area contributed by atoms with Gasteiger partial charge in [-0.25, -0.2) is 8.42 Å². The van der Waals surface area contributed by atoms with Gasteiger partial charge in [0, 0.05) is 31.0 Å². The number of rotatable bonds is 4. The second kappa shape index (κ2) is 4.79. The van der Waals surface area contributed by atoms with E-state index >= 15 is 0 Å². The molecule has 0 unspecified atom stereocenters. The maximum absolute atomic E-state index is 10.8. The van der Waals surface area contributed by atoms with Crippen LogP contribution in [0.15, 0.2) is 0 Å². The summed E-state index contributed by atoms with van der Waals surface area (Å²) in [4.78, 5) is 0. The molecule has 1 rings (SSSR count). The van der Waals surface area contributed by atoms with E-state index in [-0.39, 0.29) is 11.4 Å². The van der Waals surface area contributed by atoms with E-state index in [0.717, 1.165) is 12.8 Å². The number of hydrogen-bond acceptors (Lipinski definition) is 4. The SMILES string of the molecule is COC1(CCS(=O)(=O)Cl)CCOCC1. The molecule has 1 saturated heterocycles. The lowest BCUT2D eigenvalue weighted by molar-refractivity contribution is -0.0907. The van der Waals surface area contributed by atoms with Crippen LogP contribution in [0.5, 0.6) is 0 Å². The highest BCUT2D eigenvalue weighted by atomic mass is 35.7. The van der Waals surface area contributed by atoms with E-state index in [9.17, 15) is 8.42 Å². The van der Waals surface area contributed by atoms with Crippen LogP contribution in [0.1, 0.15) is 19.3 Å². The average Bonchev–Trinajstić information content (AvgIpc) is 2.15. The number of ether oxygens (including phenoxy) is 2. The molecule has 0 radical (unpaired) electrons. The van der Waals surface area contributed by atoms with Gasteiger partial charge in [-0.2, -0.15) is 0 Å². The normalized spacial score (nSPS) is 22.1. The molecule has 1 heterocycles. The van der Waals surface area contributed by atoms with Crippen LogP contribution in [0.2, 0.25) is 0 Å². The van der Waals surface area contributed by atoms with Crippen LogP contribution >= 0.6 is 10.7 Å². The molecule has 6 heteroatoms. The molecule has 0 aromatic heterocycles. The molecule has 0 amide bonds. The predicted octanol–water partition coefficient (Wildman–Crippen LogP) is 1.14. The maximum Gasteiger partial charge on any atom is 0.232 e. The van der Waals surface area contributed by atoms with E-state index in [1.54, 1.807) is 7.11 Å². The Kier molecular flexibility index (Phi) is 4.18. The first-order valence-electron chi connectivity index (χ1n) is 4.53. The molecule has 0 bridgehead atoms. The summed E-state index contributed by atoms with van der Waals surface area (Å²) < 4.78 is 32.2. The molecule has 0 aliphatic carbocycles. The van der Waals surface area contributed by atoms with E-state index in [4.69, 9.17) is 20.2 Å². The van der Waals surface area contributed by atoms with Gasteiger partial charge in [0.1, 0.15) is 0 Å². The number of methoxy groups -OCH3 is 1. The van der Waals surface area contributed by atoms with Crippen molar-refractivity contribution in [3.8, 4) is 0 Å². The van der Waals surface area contributed by atoms with E-state index in [1.165, 1.54) is 0 Å². The standard InChI is InChI=1S/C8H15ClO4S/c1-12-8(2-5-13-6-3-8)4-7-14(9,10)11/h2-7H2,1H3. The fourth-order valence-electron chi connectivity index (χ4n) is 1.61. The zero-order chi connectivity index (χ0) is 10.7. The third-order valence-electron chi connectivity index (χ3n) is 2.64. The lowest BCUT2D eigenvalue weighted by atomic mass is 9.91. The van der Waals surface area contributed by atoms with Gasteiger partial charge >= 0.3 is 0 Å². The van der Waals surface area contributed by atoms with E-state index in [1.807, 2.05) is 0 Å². The van der Waals surface area contributed by atoms with Gasteiger partial charge in [0.05, 0.1) is 11.4 Å². The number of halogens is 1. The predicted molar refractivity (Wildman–Crippen MR) is 54.0 cm³/mol. The van der Waals surface area contributed by atoms with Crippen LogP contribution in [0, 0.1) is 0 Å². The van der Waals surface area contributed by atoms with Gasteiger partial charge < -0.3 is 9.47 Å². The summed E-state index contributed by atoms with van der Waals surface area (Å²) >= 11 is 0. The Morgan fingerprint density at radius 3 is 2.43 bits per heavy atom. The van der Waals surface area contributed by atoms with E-state index < -0.39 is 9.05 Å². The van der Waals surface area contributed by atoms with Gasteiger partial charge in [-0.1, -0.05) is 0 Å². The molecule has 0 saturated carbocycles. The third-order valence-corrected chi connectivity index (χ3v) is 3.79. The highest BCUT2D eigenvalue weighted by Gasteiger charge is 2.33. The molecule has 0 N–H and O–H groups in total. The van der Waals surface area contributed by atoms with Crippen LogP contribution in [-0.2, 0) is 18.5 Å². The van der Waals surface area contributed by atoms with E-state index in [0.29, 0.717) is 19.6 Å². The molecular formula is C8H15ClO4S. The summed E-state index contributed by atoms with van der Waals surface area (Å²) in [6, 6.07) is 0. The van der Waals surface area contributed by atoms with Gasteiger partial charge in [0.25, 0.3) is 0 Å². The van der Waals surface area contributed by atoms with Crippen molar-refractivity contribution in [2.45, 2.75) is 24.9 Å². The van der Waals surface area contributed by atoms with Crippen LogP contribution in [0.25, 0.3) is 0 Å². The molecule has 0 atom stereocenters. The zero-order valence-corrected chi connectivity index (χ0v) is 9.73. The molecule has 1 aliphatic heterocycles. The largest absolute Gasteiger partial charge is 0.381 e. The second-order valence-corrected chi connectivity index (χ2v) is 6.39. The Morgan fingerprint density at radius 1 is 1.43 bits per heavy atom. The highest BCUT2D eigenvalue weighted by molar-refractivity contribution is 8.13. The topological polar surface area (TPSA) is 52.6 Å². The Hall–Kier alpha value is 0.160. The average molecular weight is 243 g/mol. The summed E-state index contributed by atoms with van der Waals surface area (Å²) in [5.74, 6) is -0.0393. The van der Waals surface area contributed by atoms with Crippen molar-refractivity contribution < 1.29 is 17.9 Å². The van der Waals surface area contributed by atoms with Gasteiger partial charge in [-0.15, -0.1) is 0 Å². The van der Waals surface area contributed by atoms with Crippen LogP contribution < -0.4 is 0 Å². The van der Waals surface area contributed by atoms with Gasteiger partial charge in [0.2, 0.25) is 9.05 Å². The summed E-state index contributed by atoms with van der Waals surface area (Å²) in [5, 5.41) is 0. The van der Waals surface area contributed by atoms with Gasteiger partial charge in [-0.05, 0) is 19.3 Å². The van der Waals surface area contributed by atoms with E-state index in [2.05, 4.69) is 0 Å². The monoisotopic (exact) mass is 242 g/mol. The van der Waals surface area contributed by atoms with Crippen molar-refractivity contribution in [3.05, 3.63) is 0 Å². The maximum atomic E-state index is 10.8. The zero-order valence-electron chi connectivity index (χ0n) is 8.16. The summed E-state index contributed by atoms with van der Waals surface area (Å²) in [6.07, 6.45) is 1.91. The minimum Gasteiger partial charge on any atom is -0.381 e. The first-order valence-corrected chi connectivity index (χ1v) is 7.01. The summed E-state index contributed by atoms with van der Waals surface area (Å²) in [7, 11) is 3.34. The highest BCUT2D eigenvalue weighted by Crippen LogP contribution is 2.28. The minimum absolute atomic E-state index is 0.0393. The first-order chi connectivity index (χ1) is 6.47. The Bertz CT molecular complexity index is 269. The van der Waals surface area contributed by atoms with Gasteiger partial charge in [-0.3, -0.25) is 0 Å². The molecule has 84 valence electrons. The third kappa shape index (κ3) is 3.73. The molecule has 0 spiro atoms. The van der Waals surface area contributed by atoms with Gasteiger partial charge in [0.15, 0.2) is 0 Å². The summed E-state index contributed by atoms with van der Waals surface area (Å²) in [6.45, 7) is 1.24. The smallest absolute Gasteiger partial charge is 0.232 e. The second-order valence-electron chi connectivity index (χ2n) is 3.49. The first kappa shape index (κ1) is 12.2. The fourth-order valence-corrected chi connectivity index (χ4v) is 2.45. The lowest BCUT2D eigenvalue weighted by Crippen LogP contribution is -2.39. The van der Waals surface area contributed by atoms with Crippen molar-refractivity contribution in [3.63, 3.8) is 0 Å². The van der Waals surface area contributed by atoms with Crippen molar-refractivity contribution in [2.24, 2.45) is 0 Å². The molecular weight excluding hydrogens is 228 g/mol.